The molecule has 0 radical (unpaired) electrons. The molecular formula is C16H20O3. The number of esters is 1. The van der Waals surface area contributed by atoms with Crippen LogP contribution in [0, 0.1) is 5.41 Å². The zero-order chi connectivity index (χ0) is 13.9. The standard InChI is InChI=1S/C16H20O3/c1-3-19-15(18)16(2)13(10-7-11-14(16)17)12-8-5-4-6-9-12/h4-6,8-9,13H,3,7,10-11H2,1-2H3/t13-,16+/m0/s1. The Balaban J connectivity index is 2.39. The van der Waals surface area contributed by atoms with Gasteiger partial charge >= 0.3 is 5.97 Å². The Morgan fingerprint density at radius 3 is 2.68 bits per heavy atom. The van der Waals surface area contributed by atoms with E-state index < -0.39 is 5.41 Å². The summed E-state index contributed by atoms with van der Waals surface area (Å²) in [5.74, 6) is -0.450. The van der Waals surface area contributed by atoms with Gasteiger partial charge in [0.2, 0.25) is 0 Å². The van der Waals surface area contributed by atoms with E-state index in [2.05, 4.69) is 0 Å². The predicted molar refractivity (Wildman–Crippen MR) is 72.8 cm³/mol. The van der Waals surface area contributed by atoms with E-state index in [-0.39, 0.29) is 17.7 Å². The van der Waals surface area contributed by atoms with E-state index in [9.17, 15) is 9.59 Å². The molecule has 1 aliphatic carbocycles. The topological polar surface area (TPSA) is 43.4 Å². The molecule has 0 spiro atoms. The van der Waals surface area contributed by atoms with E-state index in [0.717, 1.165) is 18.4 Å². The molecule has 0 heterocycles. The molecule has 3 nitrogen and oxygen atoms in total. The van der Waals surface area contributed by atoms with Crippen molar-refractivity contribution in [3.05, 3.63) is 35.9 Å². The third-order valence-corrected chi connectivity index (χ3v) is 4.07. The van der Waals surface area contributed by atoms with Gasteiger partial charge in [-0.3, -0.25) is 9.59 Å². The molecule has 1 aromatic rings. The Morgan fingerprint density at radius 2 is 2.05 bits per heavy atom. The highest BCUT2D eigenvalue weighted by atomic mass is 16.5. The Bertz CT molecular complexity index is 466. The first-order chi connectivity index (χ1) is 9.10. The zero-order valence-corrected chi connectivity index (χ0v) is 11.5. The van der Waals surface area contributed by atoms with Gasteiger partial charge in [0.25, 0.3) is 0 Å². The fourth-order valence-electron chi connectivity index (χ4n) is 2.93. The van der Waals surface area contributed by atoms with Crippen LogP contribution in [0.1, 0.15) is 44.6 Å². The van der Waals surface area contributed by atoms with Crippen LogP contribution in [-0.4, -0.2) is 18.4 Å². The molecule has 0 bridgehead atoms. The van der Waals surface area contributed by atoms with Gasteiger partial charge in [-0.2, -0.15) is 0 Å². The summed E-state index contributed by atoms with van der Waals surface area (Å²) in [7, 11) is 0. The number of hydrogen-bond acceptors (Lipinski definition) is 3. The van der Waals surface area contributed by atoms with E-state index >= 15 is 0 Å². The highest BCUT2D eigenvalue weighted by Gasteiger charge is 2.50. The molecule has 0 amide bonds. The van der Waals surface area contributed by atoms with Gasteiger partial charge in [0.1, 0.15) is 5.41 Å². The maximum Gasteiger partial charge on any atom is 0.319 e. The molecule has 0 aromatic heterocycles. The Morgan fingerprint density at radius 1 is 1.37 bits per heavy atom. The van der Waals surface area contributed by atoms with Gasteiger partial charge in [0.15, 0.2) is 5.78 Å². The van der Waals surface area contributed by atoms with Crippen LogP contribution < -0.4 is 0 Å². The zero-order valence-electron chi connectivity index (χ0n) is 11.5. The molecule has 1 aliphatic rings. The molecule has 1 saturated carbocycles. The molecule has 0 saturated heterocycles. The maximum absolute atomic E-state index is 12.3. The largest absolute Gasteiger partial charge is 0.465 e. The van der Waals surface area contributed by atoms with Gasteiger partial charge in [0.05, 0.1) is 6.61 Å². The summed E-state index contributed by atoms with van der Waals surface area (Å²) in [5, 5.41) is 0. The number of Topliss-reactive ketones (excluding diaryl/α,β-unsaturated/α-hetero) is 1. The minimum absolute atomic E-state index is 0.00560. The molecule has 0 unspecified atom stereocenters. The van der Waals surface area contributed by atoms with E-state index in [1.165, 1.54) is 0 Å². The van der Waals surface area contributed by atoms with Crippen molar-refractivity contribution in [2.75, 3.05) is 6.61 Å². The van der Waals surface area contributed by atoms with Crippen LogP contribution >= 0.6 is 0 Å². The van der Waals surface area contributed by atoms with E-state index in [4.69, 9.17) is 4.74 Å². The molecule has 0 N–H and O–H groups in total. The van der Waals surface area contributed by atoms with Crippen LogP contribution in [0.15, 0.2) is 30.3 Å². The van der Waals surface area contributed by atoms with Crippen molar-refractivity contribution in [2.24, 2.45) is 5.41 Å². The van der Waals surface area contributed by atoms with Crippen molar-refractivity contribution in [2.45, 2.75) is 39.0 Å². The Hall–Kier alpha value is -1.64. The smallest absolute Gasteiger partial charge is 0.319 e. The first-order valence-corrected chi connectivity index (χ1v) is 6.86. The van der Waals surface area contributed by atoms with Crippen molar-refractivity contribution in [3.8, 4) is 0 Å². The lowest BCUT2D eigenvalue weighted by molar-refractivity contribution is -0.162. The van der Waals surface area contributed by atoms with Gasteiger partial charge in [-0.05, 0) is 32.3 Å². The molecule has 1 fully saturated rings. The van der Waals surface area contributed by atoms with Crippen molar-refractivity contribution >= 4 is 11.8 Å². The minimum Gasteiger partial charge on any atom is -0.465 e. The first kappa shape index (κ1) is 13.8. The normalized spacial score (nSPS) is 27.1. The number of hydrogen-bond donors (Lipinski definition) is 0. The summed E-state index contributed by atoms with van der Waals surface area (Å²) >= 11 is 0. The fourth-order valence-corrected chi connectivity index (χ4v) is 2.93. The average molecular weight is 260 g/mol. The van der Waals surface area contributed by atoms with Crippen LogP contribution in [0.4, 0.5) is 0 Å². The summed E-state index contributed by atoms with van der Waals surface area (Å²) < 4.78 is 5.15. The number of carbonyl (C=O) groups is 2. The highest BCUT2D eigenvalue weighted by Crippen LogP contribution is 2.45. The average Bonchev–Trinajstić information content (AvgIpc) is 2.43. The Labute approximate surface area is 114 Å². The van der Waals surface area contributed by atoms with Crippen molar-refractivity contribution < 1.29 is 14.3 Å². The molecule has 102 valence electrons. The summed E-state index contributed by atoms with van der Waals surface area (Å²) in [4.78, 5) is 24.6. The second kappa shape index (κ2) is 5.55. The fraction of sp³-hybridized carbons (Fsp3) is 0.500. The quantitative estimate of drug-likeness (QED) is 0.619. The monoisotopic (exact) mass is 260 g/mol. The van der Waals surface area contributed by atoms with Crippen LogP contribution in [0.25, 0.3) is 0 Å². The number of ether oxygens (including phenoxy) is 1. The third-order valence-electron chi connectivity index (χ3n) is 4.07. The molecule has 2 rings (SSSR count). The lowest BCUT2D eigenvalue weighted by Gasteiger charge is -2.38. The molecule has 3 heteroatoms. The lowest BCUT2D eigenvalue weighted by atomic mass is 9.64. The number of benzene rings is 1. The number of rotatable bonds is 3. The van der Waals surface area contributed by atoms with E-state index in [0.29, 0.717) is 13.0 Å². The van der Waals surface area contributed by atoms with E-state index in [1.54, 1.807) is 13.8 Å². The predicted octanol–water partition coefficient (Wildman–Crippen LogP) is 3.09. The van der Waals surface area contributed by atoms with Crippen molar-refractivity contribution in [3.63, 3.8) is 0 Å². The van der Waals surface area contributed by atoms with Gasteiger partial charge in [-0.15, -0.1) is 0 Å². The molecular weight excluding hydrogens is 240 g/mol. The van der Waals surface area contributed by atoms with Gasteiger partial charge in [-0.25, -0.2) is 0 Å². The minimum atomic E-state index is -1.03. The maximum atomic E-state index is 12.3. The van der Waals surface area contributed by atoms with Crippen LogP contribution in [0.3, 0.4) is 0 Å². The first-order valence-electron chi connectivity index (χ1n) is 6.86. The molecule has 2 atom stereocenters. The summed E-state index contributed by atoms with van der Waals surface area (Å²) in [6.45, 7) is 3.82. The van der Waals surface area contributed by atoms with Crippen LogP contribution in [0.2, 0.25) is 0 Å². The Kier molecular flexibility index (Phi) is 4.03. The van der Waals surface area contributed by atoms with Crippen LogP contribution in [0.5, 0.6) is 0 Å². The summed E-state index contributed by atoms with van der Waals surface area (Å²) in [6, 6.07) is 9.80. The van der Waals surface area contributed by atoms with E-state index in [1.807, 2.05) is 30.3 Å². The van der Waals surface area contributed by atoms with Gasteiger partial charge < -0.3 is 4.74 Å². The summed E-state index contributed by atoms with van der Waals surface area (Å²) in [6.07, 6.45) is 2.16. The number of carbonyl (C=O) groups excluding carboxylic acids is 2. The third kappa shape index (κ3) is 2.42. The second-order valence-corrected chi connectivity index (χ2v) is 5.20. The molecule has 19 heavy (non-hydrogen) atoms. The van der Waals surface area contributed by atoms with Gasteiger partial charge in [0, 0.05) is 12.3 Å². The van der Waals surface area contributed by atoms with Crippen LogP contribution in [-0.2, 0) is 14.3 Å². The van der Waals surface area contributed by atoms with Crippen molar-refractivity contribution in [1.82, 2.24) is 0 Å². The molecule has 1 aromatic carbocycles. The molecule has 0 aliphatic heterocycles. The number of ketones is 1. The summed E-state index contributed by atoms with van der Waals surface area (Å²) in [5.41, 5.74) is 0.0152. The highest BCUT2D eigenvalue weighted by molar-refractivity contribution is 6.05. The second-order valence-electron chi connectivity index (χ2n) is 5.20. The van der Waals surface area contributed by atoms with Gasteiger partial charge in [-0.1, -0.05) is 30.3 Å². The van der Waals surface area contributed by atoms with Crippen molar-refractivity contribution in [1.29, 1.82) is 0 Å². The lowest BCUT2D eigenvalue weighted by Crippen LogP contribution is -2.45. The SMILES string of the molecule is CCOC(=O)[C@@]1(C)C(=O)CCC[C@H]1c1ccccc1.